The molecule has 0 saturated heterocycles. The van der Waals surface area contributed by atoms with Crippen LogP contribution in [0, 0.1) is 5.92 Å². The molecule has 1 unspecified atom stereocenters. The van der Waals surface area contributed by atoms with E-state index in [0.717, 1.165) is 5.56 Å². The first-order valence-corrected chi connectivity index (χ1v) is 10.2. The average molecular weight is 453 g/mol. The van der Waals surface area contributed by atoms with Gasteiger partial charge in [-0.1, -0.05) is 43.1 Å². The minimum absolute atomic E-state index is 0.197. The maximum Gasteiger partial charge on any atom is 0.253 e. The molecule has 8 heteroatoms. The van der Waals surface area contributed by atoms with Crippen molar-refractivity contribution in [1.29, 1.82) is 0 Å². The first-order chi connectivity index (χ1) is 14.2. The summed E-state index contributed by atoms with van der Waals surface area (Å²) in [7, 11) is 3.11. The fourth-order valence-corrected chi connectivity index (χ4v) is 3.41. The Kier molecular flexibility index (Phi) is 8.81. The molecular formula is C22H26Cl2N2O4. The Balaban J connectivity index is 2.08. The van der Waals surface area contributed by atoms with Crippen molar-refractivity contribution in [2.24, 2.45) is 5.92 Å². The molecular weight excluding hydrogens is 427 g/mol. The van der Waals surface area contributed by atoms with Crippen molar-refractivity contribution in [3.8, 4) is 11.5 Å². The van der Waals surface area contributed by atoms with Crippen molar-refractivity contribution >= 4 is 35.0 Å². The van der Waals surface area contributed by atoms with Crippen molar-refractivity contribution in [2.75, 3.05) is 14.2 Å². The van der Waals surface area contributed by atoms with Gasteiger partial charge in [0.2, 0.25) is 5.91 Å². The van der Waals surface area contributed by atoms with Crippen LogP contribution in [-0.2, 0) is 11.3 Å². The Morgan fingerprint density at radius 1 is 1.00 bits per heavy atom. The van der Waals surface area contributed by atoms with Crippen LogP contribution in [0.2, 0.25) is 10.0 Å². The molecule has 0 aliphatic carbocycles. The van der Waals surface area contributed by atoms with Crippen LogP contribution in [0.1, 0.15) is 36.2 Å². The van der Waals surface area contributed by atoms with E-state index in [1.54, 1.807) is 32.4 Å². The van der Waals surface area contributed by atoms with E-state index in [1.165, 1.54) is 12.1 Å². The van der Waals surface area contributed by atoms with Crippen LogP contribution in [0.4, 0.5) is 0 Å². The number of methoxy groups -OCH3 is 2. The third-order valence-electron chi connectivity index (χ3n) is 4.42. The lowest BCUT2D eigenvalue weighted by atomic mass is 10.0. The summed E-state index contributed by atoms with van der Waals surface area (Å²) in [6, 6.07) is 9.31. The maximum atomic E-state index is 12.8. The number of nitrogens with one attached hydrogen (secondary N) is 2. The highest BCUT2D eigenvalue weighted by molar-refractivity contribution is 6.36. The van der Waals surface area contributed by atoms with E-state index in [1.807, 2.05) is 19.9 Å². The number of halogens is 2. The summed E-state index contributed by atoms with van der Waals surface area (Å²) in [5.74, 6) is 0.675. The molecule has 0 heterocycles. The number of hydrogen-bond acceptors (Lipinski definition) is 4. The van der Waals surface area contributed by atoms with E-state index in [-0.39, 0.29) is 29.0 Å². The molecule has 2 aromatic carbocycles. The monoisotopic (exact) mass is 452 g/mol. The largest absolute Gasteiger partial charge is 0.493 e. The standard InChI is InChI=1S/C22H26Cl2N2O4/c1-13(2)9-18(26-21(27)16-7-6-15(23)11-17(16)24)22(28)25-12-14-5-8-19(29-3)20(10-14)30-4/h5-8,10-11,13,18H,9,12H2,1-4H3,(H,25,28)(H,26,27). The van der Waals surface area contributed by atoms with Crippen LogP contribution < -0.4 is 20.1 Å². The molecule has 30 heavy (non-hydrogen) atoms. The van der Waals surface area contributed by atoms with E-state index in [9.17, 15) is 9.59 Å². The van der Waals surface area contributed by atoms with Crippen LogP contribution >= 0.6 is 23.2 Å². The molecule has 2 rings (SSSR count). The lowest BCUT2D eigenvalue weighted by molar-refractivity contribution is -0.123. The van der Waals surface area contributed by atoms with Gasteiger partial charge in [-0.2, -0.15) is 0 Å². The lowest BCUT2D eigenvalue weighted by Gasteiger charge is -2.21. The summed E-state index contributed by atoms with van der Waals surface area (Å²) >= 11 is 12.0. The van der Waals surface area contributed by atoms with Gasteiger partial charge in [-0.15, -0.1) is 0 Å². The van der Waals surface area contributed by atoms with Gasteiger partial charge in [0.15, 0.2) is 11.5 Å². The number of carbonyl (C=O) groups excluding carboxylic acids is 2. The average Bonchev–Trinajstić information content (AvgIpc) is 2.70. The summed E-state index contributed by atoms with van der Waals surface area (Å²) in [4.78, 5) is 25.5. The maximum absolute atomic E-state index is 12.8. The van der Waals surface area contributed by atoms with Crippen molar-refractivity contribution < 1.29 is 19.1 Å². The predicted octanol–water partition coefficient (Wildman–Crippen LogP) is 4.47. The molecule has 0 aromatic heterocycles. The molecule has 0 aliphatic rings. The second-order valence-electron chi connectivity index (χ2n) is 7.19. The Morgan fingerprint density at radius 2 is 1.70 bits per heavy atom. The second kappa shape index (κ2) is 11.1. The SMILES string of the molecule is COc1ccc(CNC(=O)C(CC(C)C)NC(=O)c2ccc(Cl)cc2Cl)cc1OC. The molecule has 0 bridgehead atoms. The summed E-state index contributed by atoms with van der Waals surface area (Å²) < 4.78 is 10.5. The Hall–Kier alpha value is -2.44. The Labute approximate surface area is 186 Å². The predicted molar refractivity (Wildman–Crippen MR) is 119 cm³/mol. The Bertz CT molecular complexity index is 903. The zero-order chi connectivity index (χ0) is 22.3. The highest BCUT2D eigenvalue weighted by Crippen LogP contribution is 2.27. The fraction of sp³-hybridized carbons (Fsp3) is 0.364. The van der Waals surface area contributed by atoms with Crippen molar-refractivity contribution in [1.82, 2.24) is 10.6 Å². The van der Waals surface area contributed by atoms with Gasteiger partial charge in [0.25, 0.3) is 5.91 Å². The smallest absolute Gasteiger partial charge is 0.253 e. The number of amides is 2. The molecule has 1 atom stereocenters. The van der Waals surface area contributed by atoms with Gasteiger partial charge in [0, 0.05) is 11.6 Å². The van der Waals surface area contributed by atoms with Crippen LogP contribution in [0.5, 0.6) is 11.5 Å². The third-order valence-corrected chi connectivity index (χ3v) is 4.97. The first kappa shape index (κ1) is 23.8. The lowest BCUT2D eigenvalue weighted by Crippen LogP contribution is -2.47. The minimum atomic E-state index is -0.704. The molecule has 0 radical (unpaired) electrons. The van der Waals surface area contributed by atoms with Gasteiger partial charge in [-0.25, -0.2) is 0 Å². The molecule has 0 fully saturated rings. The van der Waals surface area contributed by atoms with Crippen LogP contribution in [0.25, 0.3) is 0 Å². The van der Waals surface area contributed by atoms with Gasteiger partial charge in [-0.3, -0.25) is 9.59 Å². The van der Waals surface area contributed by atoms with Crippen molar-refractivity contribution in [2.45, 2.75) is 32.9 Å². The highest BCUT2D eigenvalue weighted by Gasteiger charge is 2.23. The molecule has 0 aliphatic heterocycles. The van der Waals surface area contributed by atoms with E-state index < -0.39 is 11.9 Å². The van der Waals surface area contributed by atoms with Crippen LogP contribution in [0.3, 0.4) is 0 Å². The first-order valence-electron chi connectivity index (χ1n) is 9.49. The van der Waals surface area contributed by atoms with Gasteiger partial charge in [0.1, 0.15) is 6.04 Å². The topological polar surface area (TPSA) is 76.7 Å². The van der Waals surface area contributed by atoms with Gasteiger partial charge in [-0.05, 0) is 48.2 Å². The van der Waals surface area contributed by atoms with Crippen molar-refractivity contribution in [3.05, 3.63) is 57.6 Å². The van der Waals surface area contributed by atoms with Gasteiger partial charge in [0.05, 0.1) is 24.8 Å². The van der Waals surface area contributed by atoms with Crippen LogP contribution in [0.15, 0.2) is 36.4 Å². The van der Waals surface area contributed by atoms with Crippen molar-refractivity contribution in [3.63, 3.8) is 0 Å². The zero-order valence-electron chi connectivity index (χ0n) is 17.4. The quantitative estimate of drug-likeness (QED) is 0.588. The number of rotatable bonds is 9. The third kappa shape index (κ3) is 6.54. The molecule has 162 valence electrons. The van der Waals surface area contributed by atoms with Crippen LogP contribution in [-0.4, -0.2) is 32.1 Å². The number of carbonyl (C=O) groups is 2. The summed E-state index contributed by atoms with van der Waals surface area (Å²) in [6.45, 7) is 4.25. The molecule has 6 nitrogen and oxygen atoms in total. The number of benzene rings is 2. The molecule has 0 spiro atoms. The highest BCUT2D eigenvalue weighted by atomic mass is 35.5. The molecule has 2 amide bonds. The van der Waals surface area contributed by atoms with E-state index in [2.05, 4.69) is 10.6 Å². The zero-order valence-corrected chi connectivity index (χ0v) is 18.9. The summed E-state index contributed by atoms with van der Waals surface area (Å²) in [5.41, 5.74) is 1.11. The fourth-order valence-electron chi connectivity index (χ4n) is 2.92. The van der Waals surface area contributed by atoms with E-state index in [0.29, 0.717) is 22.9 Å². The van der Waals surface area contributed by atoms with Gasteiger partial charge >= 0.3 is 0 Å². The molecule has 2 aromatic rings. The number of ether oxygens (including phenoxy) is 2. The van der Waals surface area contributed by atoms with Gasteiger partial charge < -0.3 is 20.1 Å². The Morgan fingerprint density at radius 3 is 2.30 bits per heavy atom. The van der Waals surface area contributed by atoms with E-state index in [4.69, 9.17) is 32.7 Å². The minimum Gasteiger partial charge on any atom is -0.493 e. The number of hydrogen-bond donors (Lipinski definition) is 2. The molecule has 0 saturated carbocycles. The van der Waals surface area contributed by atoms with E-state index >= 15 is 0 Å². The normalized spacial score (nSPS) is 11.7. The summed E-state index contributed by atoms with van der Waals surface area (Å²) in [5, 5.41) is 6.31. The second-order valence-corrected chi connectivity index (χ2v) is 8.03. The molecule has 2 N–H and O–H groups in total. The summed E-state index contributed by atoms with van der Waals surface area (Å²) in [6.07, 6.45) is 0.481.